The Labute approximate surface area is 188 Å². The standard InChI is InChI=1S/C25H30N4O3/c1-30-18-14-20(31-2)22-21(15-18)32-13-10-19-23(27-25(26)28-24(19)22)16-6-8-17(9-7-16)29-11-4-3-5-12-29/h6-9,14-15,23H,3-5,10-13H2,1-2H3,(H3,26,27,28). The van der Waals surface area contributed by atoms with E-state index in [1.165, 1.54) is 24.9 Å². The summed E-state index contributed by atoms with van der Waals surface area (Å²) >= 11 is 0. The number of guanidine groups is 1. The van der Waals surface area contributed by atoms with Gasteiger partial charge in [0.05, 0.1) is 32.1 Å². The summed E-state index contributed by atoms with van der Waals surface area (Å²) in [6, 6.07) is 12.4. The lowest BCUT2D eigenvalue weighted by Gasteiger charge is -2.30. The lowest BCUT2D eigenvalue weighted by Crippen LogP contribution is -2.35. The van der Waals surface area contributed by atoms with Crippen molar-refractivity contribution in [1.82, 2.24) is 5.32 Å². The van der Waals surface area contributed by atoms with Crippen molar-refractivity contribution < 1.29 is 14.2 Å². The number of hydrogen-bond acceptors (Lipinski definition) is 7. The van der Waals surface area contributed by atoms with E-state index in [4.69, 9.17) is 24.9 Å². The van der Waals surface area contributed by atoms with Crippen LogP contribution in [0.25, 0.3) is 5.70 Å². The average Bonchev–Trinajstić information content (AvgIpc) is 3.03. The van der Waals surface area contributed by atoms with Crippen LogP contribution in [0.15, 0.2) is 47.0 Å². The molecule has 5 rings (SSSR count). The van der Waals surface area contributed by atoms with Gasteiger partial charge in [-0.05, 0) is 42.5 Å². The second kappa shape index (κ2) is 8.65. The van der Waals surface area contributed by atoms with Gasteiger partial charge in [-0.1, -0.05) is 12.1 Å². The zero-order valence-corrected chi connectivity index (χ0v) is 18.7. The molecule has 3 heterocycles. The van der Waals surface area contributed by atoms with Crippen LogP contribution >= 0.6 is 0 Å². The van der Waals surface area contributed by atoms with Gasteiger partial charge in [0.25, 0.3) is 0 Å². The van der Waals surface area contributed by atoms with Gasteiger partial charge in [0.2, 0.25) is 0 Å². The molecular weight excluding hydrogens is 404 g/mol. The number of anilines is 1. The fourth-order valence-corrected chi connectivity index (χ4v) is 4.85. The maximum Gasteiger partial charge on any atom is 0.194 e. The molecule has 3 aliphatic rings. The number of ether oxygens (including phenoxy) is 3. The van der Waals surface area contributed by atoms with Crippen LogP contribution in [0.5, 0.6) is 17.2 Å². The molecule has 3 N–H and O–H groups in total. The summed E-state index contributed by atoms with van der Waals surface area (Å²) < 4.78 is 17.2. The van der Waals surface area contributed by atoms with Crippen molar-refractivity contribution in [2.24, 2.45) is 10.7 Å². The molecule has 2 aromatic carbocycles. The SMILES string of the molecule is COc1cc(OC)c2c(c1)OCCC1=C2NC(N)=NC1c1ccc(N2CCCCC2)cc1. The Hall–Kier alpha value is -3.35. The summed E-state index contributed by atoms with van der Waals surface area (Å²) in [4.78, 5) is 7.24. The van der Waals surface area contributed by atoms with E-state index in [9.17, 15) is 0 Å². The third-order valence-electron chi connectivity index (χ3n) is 6.48. The Balaban J connectivity index is 1.54. The van der Waals surface area contributed by atoms with Crippen LogP contribution in [0, 0.1) is 0 Å². The molecule has 0 bridgehead atoms. The van der Waals surface area contributed by atoms with E-state index < -0.39 is 0 Å². The van der Waals surface area contributed by atoms with E-state index in [0.29, 0.717) is 29.8 Å². The maximum atomic E-state index is 6.26. The first-order chi connectivity index (χ1) is 15.7. The monoisotopic (exact) mass is 434 g/mol. The first-order valence-corrected chi connectivity index (χ1v) is 11.3. The van der Waals surface area contributed by atoms with Crippen LogP contribution in [-0.4, -0.2) is 39.9 Å². The van der Waals surface area contributed by atoms with E-state index in [2.05, 4.69) is 34.5 Å². The highest BCUT2D eigenvalue weighted by Gasteiger charge is 2.31. The number of nitrogens with one attached hydrogen (secondary N) is 1. The lowest BCUT2D eigenvalue weighted by molar-refractivity contribution is 0.315. The Morgan fingerprint density at radius 2 is 1.84 bits per heavy atom. The predicted molar refractivity (Wildman–Crippen MR) is 127 cm³/mol. The molecule has 1 atom stereocenters. The average molecular weight is 435 g/mol. The van der Waals surface area contributed by atoms with Gasteiger partial charge in [0.15, 0.2) is 5.96 Å². The lowest BCUT2D eigenvalue weighted by atomic mass is 9.91. The van der Waals surface area contributed by atoms with Gasteiger partial charge in [0, 0.05) is 37.3 Å². The summed E-state index contributed by atoms with van der Waals surface area (Å²) in [6.45, 7) is 2.80. The molecule has 1 saturated heterocycles. The highest BCUT2D eigenvalue weighted by atomic mass is 16.5. The molecule has 0 spiro atoms. The van der Waals surface area contributed by atoms with Crippen LogP contribution in [-0.2, 0) is 0 Å². The number of piperidine rings is 1. The van der Waals surface area contributed by atoms with Crippen LogP contribution in [0.3, 0.4) is 0 Å². The number of benzene rings is 2. The third kappa shape index (κ3) is 3.72. The smallest absolute Gasteiger partial charge is 0.194 e. The summed E-state index contributed by atoms with van der Waals surface area (Å²) in [7, 11) is 3.28. The Morgan fingerprint density at radius 3 is 2.56 bits per heavy atom. The van der Waals surface area contributed by atoms with Crippen molar-refractivity contribution in [1.29, 1.82) is 0 Å². The zero-order chi connectivity index (χ0) is 22.1. The molecule has 0 radical (unpaired) electrons. The predicted octanol–water partition coefficient (Wildman–Crippen LogP) is 3.85. The van der Waals surface area contributed by atoms with Crippen molar-refractivity contribution in [3.63, 3.8) is 0 Å². The zero-order valence-electron chi connectivity index (χ0n) is 18.7. The van der Waals surface area contributed by atoms with Crippen molar-refractivity contribution in [3.8, 4) is 17.2 Å². The topological polar surface area (TPSA) is 81.3 Å². The Bertz CT molecular complexity index is 1060. The number of hydrogen-bond donors (Lipinski definition) is 2. The van der Waals surface area contributed by atoms with Gasteiger partial charge in [-0.15, -0.1) is 0 Å². The quantitative estimate of drug-likeness (QED) is 0.761. The Kier molecular flexibility index (Phi) is 5.55. The molecule has 7 heteroatoms. The number of methoxy groups -OCH3 is 2. The summed E-state index contributed by atoms with van der Waals surface area (Å²) in [5.74, 6) is 2.47. The van der Waals surface area contributed by atoms with Crippen LogP contribution in [0.1, 0.15) is 42.9 Å². The fraction of sp³-hybridized carbons (Fsp3) is 0.400. The molecule has 3 aliphatic heterocycles. The summed E-state index contributed by atoms with van der Waals surface area (Å²) in [5, 5.41) is 3.29. The highest BCUT2D eigenvalue weighted by molar-refractivity contribution is 5.94. The number of aliphatic imine (C=N–C) groups is 1. The van der Waals surface area contributed by atoms with Crippen molar-refractivity contribution in [2.45, 2.75) is 31.7 Å². The van der Waals surface area contributed by atoms with E-state index in [-0.39, 0.29) is 6.04 Å². The number of nitrogens with two attached hydrogens (primary N) is 1. The number of nitrogens with zero attached hydrogens (tertiary/aromatic N) is 2. The van der Waals surface area contributed by atoms with Gasteiger partial charge in [-0.3, -0.25) is 0 Å². The summed E-state index contributed by atoms with van der Waals surface area (Å²) in [5.41, 5.74) is 11.6. The van der Waals surface area contributed by atoms with Gasteiger partial charge in [-0.2, -0.15) is 0 Å². The van der Waals surface area contributed by atoms with Crippen LogP contribution in [0.4, 0.5) is 5.69 Å². The molecular formula is C25H30N4O3. The first-order valence-electron chi connectivity index (χ1n) is 11.3. The molecule has 0 aliphatic carbocycles. The first kappa shape index (κ1) is 20.5. The minimum Gasteiger partial charge on any atom is -0.496 e. The maximum absolute atomic E-state index is 6.26. The molecule has 2 aromatic rings. The molecule has 0 aromatic heterocycles. The molecule has 1 unspecified atom stereocenters. The minimum absolute atomic E-state index is 0.164. The second-order valence-electron chi connectivity index (χ2n) is 8.38. The third-order valence-corrected chi connectivity index (χ3v) is 6.48. The molecule has 1 fully saturated rings. The molecule has 168 valence electrons. The van der Waals surface area contributed by atoms with E-state index in [0.717, 1.165) is 41.9 Å². The molecule has 7 nitrogen and oxygen atoms in total. The molecule has 32 heavy (non-hydrogen) atoms. The fourth-order valence-electron chi connectivity index (χ4n) is 4.85. The number of rotatable bonds is 4. The number of fused-ring (bicyclic) bond motifs is 2. The highest BCUT2D eigenvalue weighted by Crippen LogP contribution is 2.45. The normalized spacial score (nSPS) is 20.2. The van der Waals surface area contributed by atoms with Gasteiger partial charge >= 0.3 is 0 Å². The van der Waals surface area contributed by atoms with Crippen molar-refractivity contribution in [3.05, 3.63) is 53.1 Å². The van der Waals surface area contributed by atoms with E-state index in [1.54, 1.807) is 14.2 Å². The minimum atomic E-state index is -0.164. The molecule has 0 saturated carbocycles. The Morgan fingerprint density at radius 1 is 1.06 bits per heavy atom. The van der Waals surface area contributed by atoms with Crippen LogP contribution < -0.4 is 30.2 Å². The van der Waals surface area contributed by atoms with Crippen molar-refractivity contribution in [2.75, 3.05) is 38.8 Å². The van der Waals surface area contributed by atoms with Gasteiger partial charge in [0.1, 0.15) is 23.3 Å². The van der Waals surface area contributed by atoms with E-state index in [1.807, 2.05) is 12.1 Å². The van der Waals surface area contributed by atoms with Crippen molar-refractivity contribution >= 4 is 17.3 Å². The van der Waals surface area contributed by atoms with Gasteiger partial charge < -0.3 is 30.2 Å². The summed E-state index contributed by atoms with van der Waals surface area (Å²) in [6.07, 6.45) is 4.59. The van der Waals surface area contributed by atoms with Gasteiger partial charge in [-0.25, -0.2) is 4.99 Å². The van der Waals surface area contributed by atoms with Crippen LogP contribution in [0.2, 0.25) is 0 Å². The largest absolute Gasteiger partial charge is 0.496 e. The second-order valence-corrected chi connectivity index (χ2v) is 8.38. The van der Waals surface area contributed by atoms with E-state index >= 15 is 0 Å². The molecule has 0 amide bonds.